The number of phosphoric acid groups is 3. The number of anilines is 1. The van der Waals surface area contributed by atoms with Crippen LogP contribution in [0.15, 0.2) is 6.33 Å². The summed E-state index contributed by atoms with van der Waals surface area (Å²) in [5.74, 6) is 0.389. The van der Waals surface area contributed by atoms with Gasteiger partial charge in [-0.15, -0.1) is 0 Å². The lowest BCUT2D eigenvalue weighted by atomic mass is 10.1. The molecule has 0 radical (unpaired) electrons. The second kappa shape index (κ2) is 7.63. The molecule has 6 N–H and O–H groups in total. The molecule has 17 nitrogen and oxygen atoms in total. The van der Waals surface area contributed by atoms with Gasteiger partial charge >= 0.3 is 23.5 Å². The fourth-order valence-corrected chi connectivity index (χ4v) is 7.99. The van der Waals surface area contributed by atoms with Gasteiger partial charge in [-0.2, -0.15) is 12.9 Å². The normalized spacial score (nSPS) is 41.1. The smallest absolute Gasteiger partial charge is 0.387 e. The SMILES string of the molecule is Cc1nc2c(N)ncnc2n1[C@@H]1O[C@H](COP2(=O)OP(=O)(O)OP(=O)(O)O2)[C@H](O)C1O. The number of imidazole rings is 1. The zero-order valence-corrected chi connectivity index (χ0v) is 18.0. The summed E-state index contributed by atoms with van der Waals surface area (Å²) in [4.78, 5) is 30.5. The number of nitrogen functional groups attached to an aromatic ring is 1. The molecule has 0 aliphatic carbocycles. The second-order valence-electron chi connectivity index (χ2n) is 6.43. The largest absolute Gasteiger partial charge is 0.492 e. The highest BCUT2D eigenvalue weighted by atomic mass is 31.3. The molecule has 2 saturated heterocycles. The Morgan fingerprint density at radius 2 is 1.77 bits per heavy atom. The van der Waals surface area contributed by atoms with Gasteiger partial charge in [0, 0.05) is 0 Å². The number of aliphatic hydroxyl groups excluding tert-OH is 2. The van der Waals surface area contributed by atoms with Crippen molar-refractivity contribution in [3.05, 3.63) is 12.2 Å². The molecule has 2 aromatic heterocycles. The van der Waals surface area contributed by atoms with E-state index in [4.69, 9.17) is 15.0 Å². The number of fused-ring (bicyclic) bond motifs is 1. The summed E-state index contributed by atoms with van der Waals surface area (Å²) in [6.45, 7) is 0.724. The number of aryl methyl sites for hydroxylation is 1. The van der Waals surface area contributed by atoms with Gasteiger partial charge in [0.2, 0.25) is 0 Å². The molecule has 0 bridgehead atoms. The van der Waals surface area contributed by atoms with Crippen molar-refractivity contribution in [2.45, 2.75) is 31.5 Å². The molecule has 2 aromatic rings. The summed E-state index contributed by atoms with van der Waals surface area (Å²) < 4.78 is 59.0. The molecule has 20 heteroatoms. The van der Waals surface area contributed by atoms with E-state index >= 15 is 0 Å². The Bertz CT molecular complexity index is 1140. The van der Waals surface area contributed by atoms with Crippen LogP contribution in [0.5, 0.6) is 0 Å². The molecular weight excluding hydrogens is 487 g/mol. The highest BCUT2D eigenvalue weighted by Crippen LogP contribution is 2.80. The third-order valence-electron chi connectivity index (χ3n) is 4.28. The van der Waals surface area contributed by atoms with Crippen molar-refractivity contribution in [3.8, 4) is 0 Å². The van der Waals surface area contributed by atoms with E-state index in [9.17, 15) is 33.7 Å². The van der Waals surface area contributed by atoms with E-state index < -0.39 is 54.6 Å². The van der Waals surface area contributed by atoms with E-state index in [-0.39, 0.29) is 17.0 Å². The molecule has 0 amide bonds. The van der Waals surface area contributed by atoms with Crippen LogP contribution in [-0.2, 0) is 35.9 Å². The van der Waals surface area contributed by atoms with Gasteiger partial charge < -0.3 is 30.5 Å². The Morgan fingerprint density at radius 3 is 2.42 bits per heavy atom. The maximum absolute atomic E-state index is 12.3. The van der Waals surface area contributed by atoms with E-state index in [2.05, 4.69) is 27.9 Å². The molecular formula is C11H16N5O12P3. The van der Waals surface area contributed by atoms with Crippen LogP contribution >= 0.6 is 23.5 Å². The molecule has 6 atom stereocenters. The molecule has 2 aliphatic rings. The maximum atomic E-state index is 12.3. The molecule has 4 heterocycles. The minimum Gasteiger partial charge on any atom is -0.387 e. The number of rotatable bonds is 4. The van der Waals surface area contributed by atoms with E-state index in [0.29, 0.717) is 5.82 Å². The lowest BCUT2D eigenvalue weighted by Gasteiger charge is -2.27. The Morgan fingerprint density at radius 1 is 1.13 bits per heavy atom. The highest BCUT2D eigenvalue weighted by Gasteiger charge is 2.55. The first-order valence-electron chi connectivity index (χ1n) is 8.32. The Labute approximate surface area is 172 Å². The monoisotopic (exact) mass is 503 g/mol. The van der Waals surface area contributed by atoms with Gasteiger partial charge in [-0.25, -0.2) is 28.6 Å². The first kappa shape index (κ1) is 22.9. The van der Waals surface area contributed by atoms with E-state index in [1.807, 2.05) is 0 Å². The fourth-order valence-electron chi connectivity index (χ4n) is 3.06. The molecule has 2 fully saturated rings. The lowest BCUT2D eigenvalue weighted by Crippen LogP contribution is -2.34. The molecule has 4 rings (SSSR count). The van der Waals surface area contributed by atoms with Crippen LogP contribution in [0.2, 0.25) is 0 Å². The molecule has 2 aliphatic heterocycles. The fraction of sp³-hybridized carbons (Fsp3) is 0.545. The first-order chi connectivity index (χ1) is 14.3. The van der Waals surface area contributed by atoms with Crippen LogP contribution in [0.25, 0.3) is 11.2 Å². The topological polar surface area (TPSA) is 248 Å². The predicted molar refractivity (Wildman–Crippen MR) is 96.9 cm³/mol. The van der Waals surface area contributed by atoms with E-state index in [1.54, 1.807) is 6.92 Å². The van der Waals surface area contributed by atoms with Gasteiger partial charge in [-0.3, -0.25) is 9.09 Å². The number of hydrogen-bond acceptors (Lipinski definition) is 14. The van der Waals surface area contributed by atoms with Crippen LogP contribution in [-0.4, -0.2) is 64.4 Å². The standard InChI is InChI=1S/C11H16N5O12P3/c1-4-15-6-9(12)13-3-14-10(6)16(4)11-8(18)7(17)5(25-11)2-24-31(23)27-29(19,20)26-30(21,22)28-31/h3,5,7-8,11,17-18H,2H2,1H3,(H,19,20)(H,21,22)(H2,12,13,14)/t5-,7+,8?,11-/m1/s1. The molecule has 0 saturated carbocycles. The third-order valence-corrected chi connectivity index (χ3v) is 9.65. The molecule has 31 heavy (non-hydrogen) atoms. The van der Waals surface area contributed by atoms with Gasteiger partial charge in [0.05, 0.1) is 6.61 Å². The molecule has 172 valence electrons. The van der Waals surface area contributed by atoms with Crippen LogP contribution in [0.1, 0.15) is 12.1 Å². The molecule has 3 unspecified atom stereocenters. The quantitative estimate of drug-likeness (QED) is 0.337. The Kier molecular flexibility index (Phi) is 5.62. The maximum Gasteiger partial charge on any atom is 0.492 e. The van der Waals surface area contributed by atoms with Crippen LogP contribution in [0.3, 0.4) is 0 Å². The predicted octanol–water partition coefficient (Wildman–Crippen LogP) is -0.275. The summed E-state index contributed by atoms with van der Waals surface area (Å²) in [6.07, 6.45) is -4.62. The van der Waals surface area contributed by atoms with Gasteiger partial charge in [-0.1, -0.05) is 0 Å². The Hall–Kier alpha value is -1.32. The van der Waals surface area contributed by atoms with Crippen molar-refractivity contribution in [2.75, 3.05) is 12.3 Å². The summed E-state index contributed by atoms with van der Waals surface area (Å²) in [5, 5.41) is 20.8. The van der Waals surface area contributed by atoms with Gasteiger partial charge in [-0.05, 0) is 6.92 Å². The van der Waals surface area contributed by atoms with E-state index in [0.717, 1.165) is 0 Å². The Balaban J connectivity index is 1.55. The summed E-state index contributed by atoms with van der Waals surface area (Å²) in [5.41, 5.74) is 6.19. The first-order valence-corrected chi connectivity index (χ1v) is 12.8. The van der Waals surface area contributed by atoms with Crippen LogP contribution in [0, 0.1) is 6.92 Å². The molecule has 0 aromatic carbocycles. The zero-order chi connectivity index (χ0) is 22.8. The van der Waals surface area contributed by atoms with Gasteiger partial charge in [0.25, 0.3) is 0 Å². The van der Waals surface area contributed by atoms with Crippen molar-refractivity contribution in [1.82, 2.24) is 19.5 Å². The highest BCUT2D eigenvalue weighted by molar-refractivity contribution is 7.74. The number of aliphatic hydroxyl groups is 2. The second-order valence-corrected chi connectivity index (χ2v) is 11.4. The number of hydrogen-bond donors (Lipinski definition) is 5. The zero-order valence-electron chi connectivity index (χ0n) is 15.4. The lowest BCUT2D eigenvalue weighted by molar-refractivity contribution is -0.0515. The van der Waals surface area contributed by atoms with Gasteiger partial charge in [0.15, 0.2) is 23.2 Å². The number of nitrogens with two attached hydrogens (primary N) is 1. The average Bonchev–Trinajstić information content (AvgIpc) is 3.08. The van der Waals surface area contributed by atoms with Crippen molar-refractivity contribution in [1.29, 1.82) is 0 Å². The van der Waals surface area contributed by atoms with Crippen molar-refractivity contribution >= 4 is 40.4 Å². The molecule has 0 spiro atoms. The van der Waals surface area contributed by atoms with Crippen molar-refractivity contribution < 1.29 is 55.9 Å². The van der Waals surface area contributed by atoms with Crippen LogP contribution in [0.4, 0.5) is 5.82 Å². The van der Waals surface area contributed by atoms with Crippen molar-refractivity contribution in [2.24, 2.45) is 0 Å². The minimum atomic E-state index is -5.23. The van der Waals surface area contributed by atoms with E-state index in [1.165, 1.54) is 10.9 Å². The minimum absolute atomic E-state index is 0.0774. The average molecular weight is 503 g/mol. The summed E-state index contributed by atoms with van der Waals surface area (Å²) in [6, 6.07) is 0. The summed E-state index contributed by atoms with van der Waals surface area (Å²) in [7, 11) is -15.5. The van der Waals surface area contributed by atoms with Crippen LogP contribution < -0.4 is 5.73 Å². The number of ether oxygens (including phenoxy) is 1. The number of nitrogens with zero attached hydrogens (tertiary/aromatic N) is 4. The third kappa shape index (κ3) is 4.33. The summed E-state index contributed by atoms with van der Waals surface area (Å²) >= 11 is 0. The number of aromatic nitrogens is 4. The van der Waals surface area contributed by atoms with Gasteiger partial charge in [0.1, 0.15) is 30.5 Å². The van der Waals surface area contributed by atoms with Crippen molar-refractivity contribution in [3.63, 3.8) is 0 Å².